The van der Waals surface area contributed by atoms with Crippen LogP contribution in [0.1, 0.15) is 200 Å². The molecule has 1 aromatic heterocycles. The molecule has 0 radical (unpaired) electrons. The van der Waals surface area contributed by atoms with Crippen LogP contribution in [0, 0.1) is 23.7 Å². The number of carboxylic acid groups (broad SMARTS) is 1. The standard InChI is InChI=1S/C92H141N21O20/c1-9-54(8)78(89(129)109-71(92(132)133)47-56-29-33-59(115)34-30-56)111-86(126)69(45-52(4)5)108-84(124)68(44-51(2)3)107-80(120)64(23-13-16-40-94)104-88(128)73-26-19-43-113(73)91(131)77(53(6)7)110-83(123)63(22-12-15-39-93)101-76(118)50-100-87(127)72-25-18-42-112(72)90(130)67(24-14-17-41-95)105-82(122)66(36-38-75(98)117)102-81(121)65(35-37-74(97)116)103-85(125)70(46-55-27-31-58(114)32-28-55)106-79(119)61(96)48-57-49-99-62-21-11-10-20-60(57)62/h10-11,20-21,27-34,49,51-54,61,63-73,77-78,99,114-115H,9,12-19,22-26,35-48,50,93-96H2,1-8H3,(H2,97,116)(H2,98,117)(H,100,127)(H,101,118)(H,102,121)(H,103,125)(H,104,128)(H,105,122)(H,106,119)(H,107,120)(H,108,124)(H,109,129)(H,110,123)(H,111,126)(H,132,133)/t54-,61-,63-,64-,65-,66-,67-,68-,69-,70-,71-,72-,73-,77-,78-/m0/s1. The van der Waals surface area contributed by atoms with Crippen LogP contribution in [0.25, 0.3) is 10.9 Å². The van der Waals surface area contributed by atoms with Gasteiger partial charge in [-0.05, 0) is 206 Å². The van der Waals surface area contributed by atoms with Crippen LogP contribution >= 0.6 is 0 Å². The fraction of sp³-hybridized carbons (Fsp3) is 0.598. The highest BCUT2D eigenvalue weighted by atomic mass is 16.4. The number of aromatic nitrogens is 1. The number of carbonyl (C=O) groups excluding carboxylic acids is 16. The Kier molecular flexibility index (Phi) is 45.4. The van der Waals surface area contributed by atoms with E-state index in [1.54, 1.807) is 33.9 Å². The average Bonchev–Trinajstić information content (AvgIpc) is 1.75. The van der Waals surface area contributed by atoms with Crippen molar-refractivity contribution < 1.29 is 96.8 Å². The molecule has 28 N–H and O–H groups in total. The smallest absolute Gasteiger partial charge is 0.326 e. The molecule has 16 amide bonds. The molecule has 15 atom stereocenters. The van der Waals surface area contributed by atoms with Gasteiger partial charge in [0.25, 0.3) is 0 Å². The second kappa shape index (κ2) is 55.2. The molecule has 0 unspecified atom stereocenters. The number of unbranched alkanes of at least 4 members (excludes halogenated alkanes) is 3. The third-order valence-electron chi connectivity index (χ3n) is 23.6. The van der Waals surface area contributed by atoms with Crippen LogP contribution in [0.4, 0.5) is 0 Å². The van der Waals surface area contributed by atoms with Crippen LogP contribution in [0.2, 0.25) is 0 Å². The Morgan fingerprint density at radius 2 is 0.842 bits per heavy atom. The quantitative estimate of drug-likeness (QED) is 0.0240. The zero-order valence-electron chi connectivity index (χ0n) is 77.5. The molecule has 2 saturated heterocycles. The van der Waals surface area contributed by atoms with Crippen molar-refractivity contribution in [1.29, 1.82) is 0 Å². The highest BCUT2D eigenvalue weighted by Gasteiger charge is 2.44. The number of phenols is 2. The molecule has 734 valence electrons. The molecular formula is C92H141N21O20. The first-order valence-electron chi connectivity index (χ1n) is 46.2. The van der Waals surface area contributed by atoms with Crippen molar-refractivity contribution in [2.24, 2.45) is 58.1 Å². The number of hydrogen-bond donors (Lipinski definition) is 22. The molecular weight excluding hydrogens is 1720 g/mol. The Hall–Kier alpha value is -12.4. The highest BCUT2D eigenvalue weighted by Crippen LogP contribution is 2.26. The van der Waals surface area contributed by atoms with Gasteiger partial charge in [0.2, 0.25) is 94.5 Å². The lowest BCUT2D eigenvalue weighted by Crippen LogP contribution is -2.61. The van der Waals surface area contributed by atoms with Crippen LogP contribution < -0.4 is 98.2 Å². The van der Waals surface area contributed by atoms with Gasteiger partial charge in [-0.3, -0.25) is 76.7 Å². The molecule has 0 bridgehead atoms. The summed E-state index contributed by atoms with van der Waals surface area (Å²) in [5.41, 5.74) is 37.7. The molecule has 2 aliphatic heterocycles. The van der Waals surface area contributed by atoms with E-state index in [1.165, 1.54) is 58.3 Å². The van der Waals surface area contributed by atoms with Gasteiger partial charge in [0.15, 0.2) is 0 Å². The van der Waals surface area contributed by atoms with E-state index in [2.05, 4.69) is 68.8 Å². The first-order chi connectivity index (χ1) is 63.2. The van der Waals surface area contributed by atoms with Gasteiger partial charge in [0.1, 0.15) is 90.0 Å². The number of likely N-dealkylation sites (tertiary alicyclic amines) is 2. The topological polar surface area (TPSA) is 674 Å². The number of primary amides is 2. The maximum Gasteiger partial charge on any atom is 0.326 e. The van der Waals surface area contributed by atoms with Crippen molar-refractivity contribution in [2.45, 2.75) is 288 Å². The zero-order chi connectivity index (χ0) is 98.3. The normalized spacial score (nSPS) is 16.6. The van der Waals surface area contributed by atoms with E-state index in [-0.39, 0.29) is 133 Å². The lowest BCUT2D eigenvalue weighted by Gasteiger charge is -2.32. The predicted octanol–water partition coefficient (Wildman–Crippen LogP) is -0.838. The number of phenolic OH excluding ortho intramolecular Hbond substituents is 2. The molecule has 41 heteroatoms. The molecule has 4 aromatic rings. The van der Waals surface area contributed by atoms with Gasteiger partial charge in [0, 0.05) is 55.9 Å². The van der Waals surface area contributed by atoms with E-state index < -0.39 is 229 Å². The first kappa shape index (κ1) is 109. The molecule has 0 saturated carbocycles. The van der Waals surface area contributed by atoms with Crippen molar-refractivity contribution in [3.8, 4) is 11.5 Å². The van der Waals surface area contributed by atoms with Gasteiger partial charge < -0.3 is 128 Å². The molecule has 133 heavy (non-hydrogen) atoms. The third-order valence-corrected chi connectivity index (χ3v) is 23.6. The summed E-state index contributed by atoms with van der Waals surface area (Å²) in [6, 6.07) is 0.0983. The number of para-hydroxylation sites is 1. The van der Waals surface area contributed by atoms with E-state index in [0.717, 1.165) is 16.5 Å². The zero-order valence-corrected chi connectivity index (χ0v) is 77.5. The second-order valence-corrected chi connectivity index (χ2v) is 35.7. The number of nitrogens with one attached hydrogen (secondary N) is 13. The van der Waals surface area contributed by atoms with Crippen molar-refractivity contribution in [1.82, 2.24) is 78.6 Å². The first-order valence-corrected chi connectivity index (χ1v) is 46.2. The molecule has 3 heterocycles. The SMILES string of the molecule is CC[C@H](C)[C@H](NC(=O)[C@H](CC(C)C)NC(=O)[C@H](CC(C)C)NC(=O)[C@H](CCCCN)NC(=O)[C@@H]1CCCN1C(=O)[C@@H](NC(=O)[C@H](CCCCN)NC(=O)CNC(=O)[C@@H]1CCCN1C(=O)[C@H](CCCCN)NC(=O)[C@H](CCC(N)=O)NC(=O)[C@H](CCC(N)=O)NC(=O)[C@H](Cc1ccc(O)cc1)NC(=O)[C@@H](N)Cc1c[nH]c2ccccc12)C(C)C)C(=O)N[C@@H](Cc1ccc(O)cc1)C(=O)O. The van der Waals surface area contributed by atoms with Gasteiger partial charge in [0.05, 0.1) is 12.6 Å². The van der Waals surface area contributed by atoms with E-state index in [4.69, 9.17) is 34.4 Å². The van der Waals surface area contributed by atoms with Gasteiger partial charge in [-0.2, -0.15) is 0 Å². The summed E-state index contributed by atoms with van der Waals surface area (Å²) in [6.07, 6.45) is 3.10. The summed E-state index contributed by atoms with van der Waals surface area (Å²) in [6.45, 7) is 14.1. The number of hydrogen-bond acceptors (Lipinski definition) is 23. The second-order valence-electron chi connectivity index (χ2n) is 35.7. The molecule has 3 aromatic carbocycles. The number of benzene rings is 3. The number of H-pyrrole nitrogens is 1. The van der Waals surface area contributed by atoms with Crippen molar-refractivity contribution in [2.75, 3.05) is 39.3 Å². The monoisotopic (exact) mass is 1860 g/mol. The Labute approximate surface area is 775 Å². The summed E-state index contributed by atoms with van der Waals surface area (Å²) in [5.74, 6) is -16.1. The molecule has 2 aliphatic rings. The number of aromatic amines is 1. The minimum Gasteiger partial charge on any atom is -0.508 e. The van der Waals surface area contributed by atoms with E-state index in [1.807, 2.05) is 52.0 Å². The van der Waals surface area contributed by atoms with Crippen molar-refractivity contribution in [3.63, 3.8) is 0 Å². The van der Waals surface area contributed by atoms with Gasteiger partial charge >= 0.3 is 5.97 Å². The lowest BCUT2D eigenvalue weighted by atomic mass is 9.95. The Balaban J connectivity index is 1.12. The Morgan fingerprint density at radius 3 is 1.32 bits per heavy atom. The maximum absolute atomic E-state index is 14.9. The number of aromatic hydroxyl groups is 2. The van der Waals surface area contributed by atoms with Gasteiger partial charge in [-0.15, -0.1) is 0 Å². The van der Waals surface area contributed by atoms with Crippen LogP contribution in [0.5, 0.6) is 11.5 Å². The predicted molar refractivity (Wildman–Crippen MR) is 494 cm³/mol. The Morgan fingerprint density at radius 1 is 0.436 bits per heavy atom. The summed E-state index contributed by atoms with van der Waals surface area (Å²) in [4.78, 5) is 245. The van der Waals surface area contributed by atoms with E-state index in [9.17, 15) is 96.8 Å². The number of fused-ring (bicyclic) bond motifs is 1. The number of carboxylic acids is 1. The minimum atomic E-state index is -1.65. The number of aliphatic carboxylic acids is 1. The average molecular weight is 1860 g/mol. The van der Waals surface area contributed by atoms with E-state index in [0.29, 0.717) is 56.1 Å². The van der Waals surface area contributed by atoms with Gasteiger partial charge in [-0.25, -0.2) is 4.79 Å². The molecule has 2 fully saturated rings. The molecule has 0 aliphatic carbocycles. The van der Waals surface area contributed by atoms with Gasteiger partial charge in [-0.1, -0.05) is 104 Å². The summed E-state index contributed by atoms with van der Waals surface area (Å²) >= 11 is 0. The highest BCUT2D eigenvalue weighted by molar-refractivity contribution is 6.01. The Bertz CT molecular complexity index is 4590. The van der Waals surface area contributed by atoms with Crippen LogP contribution in [0.3, 0.4) is 0 Å². The van der Waals surface area contributed by atoms with E-state index >= 15 is 0 Å². The number of nitrogens with two attached hydrogens (primary N) is 6. The molecule has 41 nitrogen and oxygen atoms in total. The summed E-state index contributed by atoms with van der Waals surface area (Å²) < 4.78 is 0. The number of rotatable bonds is 58. The molecule has 0 spiro atoms. The van der Waals surface area contributed by atoms with Crippen LogP contribution in [-0.2, 0) is 101 Å². The van der Waals surface area contributed by atoms with Crippen molar-refractivity contribution in [3.05, 3.63) is 95.7 Å². The number of carbonyl (C=O) groups is 17. The number of nitrogens with zero attached hydrogens (tertiary/aromatic N) is 2. The summed E-state index contributed by atoms with van der Waals surface area (Å²) in [5, 5.41) is 62.9. The van der Waals surface area contributed by atoms with Crippen LogP contribution in [-0.4, -0.2) is 254 Å². The largest absolute Gasteiger partial charge is 0.508 e. The maximum atomic E-state index is 14.9. The lowest BCUT2D eigenvalue weighted by molar-refractivity contribution is -0.143. The van der Waals surface area contributed by atoms with Crippen LogP contribution in [0.15, 0.2) is 79.0 Å². The van der Waals surface area contributed by atoms with Crippen molar-refractivity contribution >= 4 is 111 Å². The fourth-order valence-electron chi connectivity index (χ4n) is 16.0. The third kappa shape index (κ3) is 35.6. The molecule has 6 rings (SSSR count). The fourth-order valence-corrected chi connectivity index (χ4v) is 16.0. The summed E-state index contributed by atoms with van der Waals surface area (Å²) in [7, 11) is 0. The number of amides is 16. The minimum absolute atomic E-state index is 0.00181.